The molecule has 2 heterocycles. The van der Waals surface area contributed by atoms with Crippen molar-refractivity contribution in [3.05, 3.63) is 58.6 Å². The van der Waals surface area contributed by atoms with Crippen molar-refractivity contribution in [2.24, 2.45) is 11.3 Å². The Hall–Kier alpha value is -3.39. The molecule has 34 heavy (non-hydrogen) atoms. The number of amides is 4. The molecule has 3 aliphatic rings. The fraction of sp³-hybridized carbons (Fsp3) is 0.360. The van der Waals surface area contributed by atoms with Crippen LogP contribution >= 0.6 is 11.6 Å². The number of carbonyl (C=O) groups is 4. The van der Waals surface area contributed by atoms with Gasteiger partial charge >= 0.3 is 0 Å². The number of imide groups is 1. The van der Waals surface area contributed by atoms with Gasteiger partial charge in [0.15, 0.2) is 0 Å². The van der Waals surface area contributed by atoms with Gasteiger partial charge in [-0.05, 0) is 55.0 Å². The van der Waals surface area contributed by atoms with Gasteiger partial charge in [-0.1, -0.05) is 23.7 Å². The number of hydrogen-bond donors (Lipinski definition) is 1. The predicted molar refractivity (Wildman–Crippen MR) is 125 cm³/mol. The molecule has 1 saturated heterocycles. The van der Waals surface area contributed by atoms with Crippen molar-refractivity contribution in [2.45, 2.75) is 19.3 Å². The second kappa shape index (κ2) is 8.43. The lowest BCUT2D eigenvalue weighted by Gasteiger charge is -2.33. The van der Waals surface area contributed by atoms with Crippen molar-refractivity contribution in [1.29, 1.82) is 0 Å². The first-order valence-corrected chi connectivity index (χ1v) is 11.6. The zero-order chi connectivity index (χ0) is 24.0. The average Bonchev–Trinajstić information content (AvgIpc) is 3.49. The van der Waals surface area contributed by atoms with Gasteiger partial charge in [0.05, 0.1) is 23.3 Å². The molecule has 9 heteroatoms. The first kappa shape index (κ1) is 22.4. The van der Waals surface area contributed by atoms with Crippen molar-refractivity contribution in [3.63, 3.8) is 0 Å². The van der Waals surface area contributed by atoms with Crippen LogP contribution in [0.1, 0.15) is 40.0 Å². The second-order valence-corrected chi connectivity index (χ2v) is 9.49. The topological polar surface area (TPSA) is 96.0 Å². The molecule has 8 nitrogen and oxygen atoms in total. The molecule has 0 radical (unpaired) electrons. The van der Waals surface area contributed by atoms with Crippen molar-refractivity contribution >= 4 is 40.9 Å². The quantitative estimate of drug-likeness (QED) is 0.661. The van der Waals surface area contributed by atoms with E-state index in [1.165, 1.54) is 7.11 Å². The Bertz CT molecular complexity index is 1170. The summed E-state index contributed by atoms with van der Waals surface area (Å²) in [5, 5.41) is 3.35. The number of fused-ring (bicyclic) bond motifs is 1. The van der Waals surface area contributed by atoms with Gasteiger partial charge in [0.2, 0.25) is 11.8 Å². The van der Waals surface area contributed by atoms with Crippen molar-refractivity contribution in [3.8, 4) is 5.75 Å². The standard InChI is InChI=1S/C25H24ClN3O5/c1-34-20-7-6-15(12-19(20)26)27-22(31)18-13-25(18)8-10-28(11-9-25)21(30)14-29-23(32)16-4-2-3-5-17(16)24(29)33/h2-7,12,18H,8-11,13-14H2,1H3,(H,27,31)/t18-/m1/s1. The lowest BCUT2D eigenvalue weighted by atomic mass is 9.90. The maximum atomic E-state index is 12.8. The minimum atomic E-state index is -0.431. The third-order valence-corrected chi connectivity index (χ3v) is 7.50. The maximum absolute atomic E-state index is 12.8. The summed E-state index contributed by atoms with van der Waals surface area (Å²) in [4.78, 5) is 53.4. The van der Waals surface area contributed by atoms with E-state index < -0.39 is 11.8 Å². The van der Waals surface area contributed by atoms with E-state index in [0.717, 1.165) is 11.3 Å². The normalized spacial score (nSPS) is 20.4. The Morgan fingerprint density at radius 1 is 1.09 bits per heavy atom. The molecular formula is C25H24ClN3O5. The van der Waals surface area contributed by atoms with Crippen LogP contribution < -0.4 is 10.1 Å². The highest BCUT2D eigenvalue weighted by atomic mass is 35.5. The minimum Gasteiger partial charge on any atom is -0.495 e. The Labute approximate surface area is 201 Å². The molecule has 4 amide bonds. The van der Waals surface area contributed by atoms with Crippen LogP contribution in [-0.4, -0.2) is 60.2 Å². The fourth-order valence-electron chi connectivity index (χ4n) is 5.06. The molecule has 176 valence electrons. The van der Waals surface area contributed by atoms with E-state index in [9.17, 15) is 19.2 Å². The van der Waals surface area contributed by atoms with E-state index in [0.29, 0.717) is 53.5 Å². The third-order valence-electron chi connectivity index (χ3n) is 7.21. The molecule has 2 fully saturated rings. The van der Waals surface area contributed by atoms with Crippen LogP contribution in [0.5, 0.6) is 5.75 Å². The van der Waals surface area contributed by atoms with Gasteiger partial charge in [-0.3, -0.25) is 24.1 Å². The summed E-state index contributed by atoms with van der Waals surface area (Å²) in [5.41, 5.74) is 1.18. The minimum absolute atomic E-state index is 0.0490. The van der Waals surface area contributed by atoms with Crippen molar-refractivity contribution in [2.75, 3.05) is 32.1 Å². The number of nitrogens with zero attached hydrogens (tertiary/aromatic N) is 2. The number of piperidine rings is 1. The lowest BCUT2D eigenvalue weighted by molar-refractivity contribution is -0.133. The average molecular weight is 482 g/mol. The van der Waals surface area contributed by atoms with E-state index in [1.807, 2.05) is 0 Å². The molecule has 0 aromatic heterocycles. The molecule has 1 aliphatic carbocycles. The highest BCUT2D eigenvalue weighted by Crippen LogP contribution is 2.59. The van der Waals surface area contributed by atoms with Crippen LogP contribution in [0, 0.1) is 11.3 Å². The van der Waals surface area contributed by atoms with Gasteiger partial charge in [-0.2, -0.15) is 0 Å². The second-order valence-electron chi connectivity index (χ2n) is 9.08. The summed E-state index contributed by atoms with van der Waals surface area (Å²) < 4.78 is 5.14. The third kappa shape index (κ3) is 3.81. The molecule has 0 bridgehead atoms. The molecule has 1 N–H and O–H groups in total. The summed E-state index contributed by atoms with van der Waals surface area (Å²) in [7, 11) is 1.53. The number of methoxy groups -OCH3 is 1. The Morgan fingerprint density at radius 2 is 1.74 bits per heavy atom. The smallest absolute Gasteiger partial charge is 0.262 e. The van der Waals surface area contributed by atoms with Gasteiger partial charge < -0.3 is 15.0 Å². The van der Waals surface area contributed by atoms with Crippen LogP contribution in [-0.2, 0) is 9.59 Å². The number of hydrogen-bond acceptors (Lipinski definition) is 5. The zero-order valence-corrected chi connectivity index (χ0v) is 19.4. The van der Waals surface area contributed by atoms with Crippen LogP contribution in [0.2, 0.25) is 5.02 Å². The Morgan fingerprint density at radius 3 is 2.32 bits per heavy atom. The summed E-state index contributed by atoms with van der Waals surface area (Å²) in [6.07, 6.45) is 2.20. The van der Waals surface area contributed by atoms with E-state index in [-0.39, 0.29) is 29.7 Å². The predicted octanol–water partition coefficient (Wildman–Crippen LogP) is 3.21. The number of halogens is 1. The Kier molecular flexibility index (Phi) is 5.56. The van der Waals surface area contributed by atoms with Crippen LogP contribution in [0.25, 0.3) is 0 Å². The number of anilines is 1. The molecule has 5 rings (SSSR count). The van der Waals surface area contributed by atoms with Crippen LogP contribution in [0.15, 0.2) is 42.5 Å². The summed E-state index contributed by atoms with van der Waals surface area (Å²) in [6.45, 7) is 0.738. The number of carbonyl (C=O) groups excluding carboxylic acids is 4. The van der Waals surface area contributed by atoms with E-state index in [2.05, 4.69) is 5.32 Å². The molecular weight excluding hydrogens is 458 g/mol. The Balaban J connectivity index is 1.15. The largest absolute Gasteiger partial charge is 0.495 e. The number of likely N-dealkylation sites (tertiary alicyclic amines) is 1. The maximum Gasteiger partial charge on any atom is 0.262 e. The molecule has 1 spiro atoms. The number of nitrogens with one attached hydrogen (secondary N) is 1. The zero-order valence-electron chi connectivity index (χ0n) is 18.7. The van der Waals surface area contributed by atoms with E-state index >= 15 is 0 Å². The van der Waals surface area contributed by atoms with Crippen molar-refractivity contribution < 1.29 is 23.9 Å². The lowest BCUT2D eigenvalue weighted by Crippen LogP contribution is -2.46. The fourth-order valence-corrected chi connectivity index (χ4v) is 5.32. The number of benzene rings is 2. The van der Waals surface area contributed by atoms with E-state index in [1.54, 1.807) is 47.4 Å². The molecule has 0 unspecified atom stereocenters. The van der Waals surface area contributed by atoms with E-state index in [4.69, 9.17) is 16.3 Å². The molecule has 2 aromatic carbocycles. The van der Waals surface area contributed by atoms with Gasteiger partial charge in [0.1, 0.15) is 12.3 Å². The van der Waals surface area contributed by atoms with Crippen molar-refractivity contribution in [1.82, 2.24) is 9.80 Å². The monoisotopic (exact) mass is 481 g/mol. The van der Waals surface area contributed by atoms with Crippen LogP contribution in [0.4, 0.5) is 5.69 Å². The molecule has 1 saturated carbocycles. The summed E-state index contributed by atoms with van der Waals surface area (Å²) in [5.74, 6) is -0.728. The first-order chi connectivity index (χ1) is 16.3. The van der Waals surface area contributed by atoms with Crippen LogP contribution in [0.3, 0.4) is 0 Å². The highest BCUT2D eigenvalue weighted by molar-refractivity contribution is 6.32. The number of ether oxygens (including phenoxy) is 1. The van der Waals surface area contributed by atoms with Gasteiger partial charge in [-0.25, -0.2) is 0 Å². The van der Waals surface area contributed by atoms with Gasteiger partial charge in [0.25, 0.3) is 11.8 Å². The van der Waals surface area contributed by atoms with Gasteiger partial charge in [-0.15, -0.1) is 0 Å². The number of rotatable bonds is 5. The van der Waals surface area contributed by atoms with Gasteiger partial charge in [0, 0.05) is 24.7 Å². The molecule has 2 aromatic rings. The first-order valence-electron chi connectivity index (χ1n) is 11.2. The SMILES string of the molecule is COc1ccc(NC(=O)[C@H]2CC23CCN(C(=O)CN2C(=O)c4ccccc4C2=O)CC3)cc1Cl. The molecule has 2 aliphatic heterocycles. The highest BCUT2D eigenvalue weighted by Gasteiger charge is 2.58. The summed E-state index contributed by atoms with van der Waals surface area (Å²) >= 11 is 6.14. The summed E-state index contributed by atoms with van der Waals surface area (Å²) in [6, 6.07) is 11.7. The molecule has 1 atom stereocenters.